The van der Waals surface area contributed by atoms with E-state index in [9.17, 15) is 5.11 Å². The van der Waals surface area contributed by atoms with Crippen molar-refractivity contribution in [1.29, 1.82) is 0 Å². The van der Waals surface area contributed by atoms with Crippen LogP contribution < -0.4 is 0 Å². The van der Waals surface area contributed by atoms with Crippen LogP contribution in [0.4, 0.5) is 0 Å². The molecule has 0 saturated carbocycles. The lowest BCUT2D eigenvalue weighted by molar-refractivity contribution is 0.474. The highest BCUT2D eigenvalue weighted by Crippen LogP contribution is 2.15. The Labute approximate surface area is 150 Å². The molecule has 0 atom stereocenters. The van der Waals surface area contributed by atoms with Crippen LogP contribution in [-0.4, -0.2) is 5.11 Å². The highest BCUT2D eigenvalue weighted by molar-refractivity contribution is 5.27. The number of aryl methyl sites for hydroxylation is 1. The summed E-state index contributed by atoms with van der Waals surface area (Å²) in [5.41, 5.74) is 1.26. The van der Waals surface area contributed by atoms with Gasteiger partial charge >= 0.3 is 0 Å². The first-order chi connectivity index (χ1) is 11.8. The Balaban J connectivity index is 1.80. The third-order valence-electron chi connectivity index (χ3n) is 4.64. The second-order valence-corrected chi connectivity index (χ2v) is 7.00. The minimum Gasteiger partial charge on any atom is -0.508 e. The van der Waals surface area contributed by atoms with Gasteiger partial charge in [-0.25, -0.2) is 0 Å². The number of hydrogen-bond acceptors (Lipinski definition) is 1. The summed E-state index contributed by atoms with van der Waals surface area (Å²) in [6.45, 7) is 2.25. The molecule has 24 heavy (non-hydrogen) atoms. The highest BCUT2D eigenvalue weighted by atomic mass is 16.3. The third kappa shape index (κ3) is 12.2. The lowest BCUT2D eigenvalue weighted by atomic mass is 10.0. The number of aromatic hydroxyl groups is 1. The first-order valence-electron chi connectivity index (χ1n) is 10.3. The van der Waals surface area contributed by atoms with Crippen molar-refractivity contribution >= 4 is 0 Å². The molecule has 1 nitrogen and oxygen atoms in total. The molecule has 0 bridgehead atoms. The predicted molar refractivity (Wildman–Crippen MR) is 107 cm³/mol. The molecule has 1 heteroatoms. The van der Waals surface area contributed by atoms with E-state index in [0.29, 0.717) is 5.75 Å². The van der Waals surface area contributed by atoms with Crippen molar-refractivity contribution in [2.45, 2.75) is 96.8 Å². The van der Waals surface area contributed by atoms with Gasteiger partial charge in [0.2, 0.25) is 0 Å². The van der Waals surface area contributed by atoms with Crippen molar-refractivity contribution in [3.05, 3.63) is 42.0 Å². The lowest BCUT2D eigenvalue weighted by Gasteiger charge is -2.03. The van der Waals surface area contributed by atoms with Crippen LogP contribution in [-0.2, 0) is 6.42 Å². The summed E-state index contributed by atoms with van der Waals surface area (Å²) >= 11 is 0. The van der Waals surface area contributed by atoms with E-state index < -0.39 is 0 Å². The first-order valence-corrected chi connectivity index (χ1v) is 10.3. The number of hydrogen-bond donors (Lipinski definition) is 1. The third-order valence-corrected chi connectivity index (χ3v) is 4.64. The van der Waals surface area contributed by atoms with E-state index in [1.165, 1.54) is 89.0 Å². The summed E-state index contributed by atoms with van der Waals surface area (Å²) in [5, 5.41) is 9.43. The van der Waals surface area contributed by atoms with Crippen LogP contribution in [0.25, 0.3) is 0 Å². The van der Waals surface area contributed by atoms with E-state index >= 15 is 0 Å². The first kappa shape index (κ1) is 20.8. The van der Waals surface area contributed by atoms with Gasteiger partial charge in [0.05, 0.1) is 0 Å². The van der Waals surface area contributed by atoms with Crippen LogP contribution in [0.2, 0.25) is 0 Å². The van der Waals surface area contributed by atoms with E-state index in [0.717, 1.165) is 6.42 Å². The number of phenolic OH excluding ortho intramolecular Hbond substituents is 1. The Morgan fingerprint density at radius 2 is 1.33 bits per heavy atom. The largest absolute Gasteiger partial charge is 0.508 e. The van der Waals surface area contributed by atoms with Crippen LogP contribution in [0.1, 0.15) is 96.0 Å². The van der Waals surface area contributed by atoms with E-state index in [-0.39, 0.29) is 0 Å². The molecule has 0 aliphatic rings. The monoisotopic (exact) mass is 330 g/mol. The van der Waals surface area contributed by atoms with Crippen LogP contribution >= 0.6 is 0 Å². The van der Waals surface area contributed by atoms with Crippen molar-refractivity contribution in [2.24, 2.45) is 0 Å². The highest BCUT2D eigenvalue weighted by Gasteiger charge is 1.96. The molecular formula is C23H38O. The zero-order chi connectivity index (χ0) is 17.3. The summed E-state index contributed by atoms with van der Waals surface area (Å²) in [6.07, 6.45) is 23.3. The number of rotatable bonds is 15. The second-order valence-electron chi connectivity index (χ2n) is 7.00. The fourth-order valence-electron chi connectivity index (χ4n) is 3.10. The molecule has 1 aromatic carbocycles. The molecule has 0 aromatic heterocycles. The Bertz CT molecular complexity index is 422. The molecule has 0 fully saturated rings. The van der Waals surface area contributed by atoms with E-state index in [1.807, 2.05) is 12.1 Å². The molecule has 136 valence electrons. The average Bonchev–Trinajstić information content (AvgIpc) is 2.58. The number of allylic oxidation sites excluding steroid dienone is 2. The van der Waals surface area contributed by atoms with Crippen LogP contribution in [0.3, 0.4) is 0 Å². The SMILES string of the molecule is CCCC/C=C\CCCCCCCCCCCc1cccc(O)c1. The topological polar surface area (TPSA) is 20.2 Å². The molecule has 0 radical (unpaired) electrons. The number of unbranched alkanes of at least 4 members (excludes halogenated alkanes) is 11. The zero-order valence-corrected chi connectivity index (χ0v) is 15.8. The van der Waals surface area contributed by atoms with Crippen molar-refractivity contribution in [3.8, 4) is 5.75 Å². The summed E-state index contributed by atoms with van der Waals surface area (Å²) in [4.78, 5) is 0. The maximum absolute atomic E-state index is 9.43. The van der Waals surface area contributed by atoms with E-state index in [1.54, 1.807) is 6.07 Å². The van der Waals surface area contributed by atoms with Crippen molar-refractivity contribution in [3.63, 3.8) is 0 Å². The Morgan fingerprint density at radius 1 is 0.750 bits per heavy atom. The molecule has 0 amide bonds. The normalized spacial score (nSPS) is 11.4. The van der Waals surface area contributed by atoms with Gasteiger partial charge in [-0.2, -0.15) is 0 Å². The minimum atomic E-state index is 0.393. The van der Waals surface area contributed by atoms with Crippen molar-refractivity contribution < 1.29 is 5.11 Å². The average molecular weight is 331 g/mol. The Kier molecular flexibility index (Phi) is 13.3. The molecule has 1 aromatic rings. The van der Waals surface area contributed by atoms with Crippen LogP contribution in [0.5, 0.6) is 5.75 Å². The lowest BCUT2D eigenvalue weighted by Crippen LogP contribution is -1.86. The maximum atomic E-state index is 9.43. The molecule has 0 aliphatic heterocycles. The van der Waals surface area contributed by atoms with Gasteiger partial charge in [0.25, 0.3) is 0 Å². The van der Waals surface area contributed by atoms with Gasteiger partial charge in [0.1, 0.15) is 5.75 Å². The molecular weight excluding hydrogens is 292 g/mol. The minimum absolute atomic E-state index is 0.393. The van der Waals surface area contributed by atoms with E-state index in [2.05, 4.69) is 25.1 Å². The standard InChI is InChI=1S/C23H38O/c1-2-3-4-5-6-7-8-9-10-11-12-13-14-15-16-18-22-19-17-20-23(24)21-22/h5-6,17,19-21,24H,2-4,7-16,18H2,1H3/b6-5-. The maximum Gasteiger partial charge on any atom is 0.115 e. The molecule has 0 unspecified atom stereocenters. The van der Waals surface area contributed by atoms with Crippen molar-refractivity contribution in [2.75, 3.05) is 0 Å². The number of benzene rings is 1. The van der Waals surface area contributed by atoms with Gasteiger partial charge in [0.15, 0.2) is 0 Å². The summed E-state index contributed by atoms with van der Waals surface area (Å²) in [7, 11) is 0. The molecule has 1 N–H and O–H groups in total. The summed E-state index contributed by atoms with van der Waals surface area (Å²) < 4.78 is 0. The molecule has 0 spiro atoms. The fraction of sp³-hybridized carbons (Fsp3) is 0.652. The van der Waals surface area contributed by atoms with Crippen molar-refractivity contribution in [1.82, 2.24) is 0 Å². The Morgan fingerprint density at radius 3 is 1.96 bits per heavy atom. The Hall–Kier alpha value is -1.24. The quantitative estimate of drug-likeness (QED) is 0.259. The van der Waals surface area contributed by atoms with Gasteiger partial charge in [-0.1, -0.05) is 89.0 Å². The van der Waals surface area contributed by atoms with Gasteiger partial charge in [-0.3, -0.25) is 0 Å². The van der Waals surface area contributed by atoms with Gasteiger partial charge < -0.3 is 5.11 Å². The van der Waals surface area contributed by atoms with Gasteiger partial charge in [0, 0.05) is 0 Å². The fourth-order valence-corrected chi connectivity index (χ4v) is 3.10. The van der Waals surface area contributed by atoms with Gasteiger partial charge in [-0.05, 0) is 49.8 Å². The molecule has 0 saturated heterocycles. The zero-order valence-electron chi connectivity index (χ0n) is 15.8. The predicted octanol–water partition coefficient (Wildman–Crippen LogP) is 7.58. The summed E-state index contributed by atoms with van der Waals surface area (Å²) in [5.74, 6) is 0.393. The molecule has 0 aliphatic carbocycles. The van der Waals surface area contributed by atoms with E-state index in [4.69, 9.17) is 0 Å². The van der Waals surface area contributed by atoms with Crippen LogP contribution in [0.15, 0.2) is 36.4 Å². The smallest absolute Gasteiger partial charge is 0.115 e. The summed E-state index contributed by atoms with van der Waals surface area (Å²) in [6, 6.07) is 7.68. The number of phenols is 1. The van der Waals surface area contributed by atoms with Gasteiger partial charge in [-0.15, -0.1) is 0 Å². The second kappa shape index (κ2) is 15.3. The molecule has 0 heterocycles. The molecule has 1 rings (SSSR count). The van der Waals surface area contributed by atoms with Crippen LogP contribution in [0, 0.1) is 0 Å².